The Kier molecular flexibility index (Phi) is 3.23. The van der Waals surface area contributed by atoms with Gasteiger partial charge in [-0.05, 0) is 36.4 Å². The van der Waals surface area contributed by atoms with Crippen LogP contribution in [0.4, 0.5) is 15.8 Å². The quantitative estimate of drug-likeness (QED) is 0.904. The second kappa shape index (κ2) is 4.83. The Hall–Kier alpha value is -2.43. The largest absolute Gasteiger partial charge is 0.477 e. The first-order valence-corrected chi connectivity index (χ1v) is 5.26. The van der Waals surface area contributed by atoms with Crippen LogP contribution in [0.5, 0.6) is 0 Å². The Balaban J connectivity index is 2.25. The molecule has 0 radical (unpaired) electrons. The molecule has 0 fully saturated rings. The number of hydrogen-bond acceptors (Lipinski definition) is 3. The van der Waals surface area contributed by atoms with Crippen LogP contribution in [0.25, 0.3) is 0 Å². The smallest absolute Gasteiger partial charge is 0.354 e. The van der Waals surface area contributed by atoms with E-state index in [1.807, 2.05) is 0 Å². The van der Waals surface area contributed by atoms with Crippen LogP contribution in [0.3, 0.4) is 0 Å². The van der Waals surface area contributed by atoms with Gasteiger partial charge in [0.1, 0.15) is 11.5 Å². The zero-order valence-corrected chi connectivity index (χ0v) is 9.67. The van der Waals surface area contributed by atoms with Crippen molar-refractivity contribution in [2.75, 3.05) is 11.9 Å². The summed E-state index contributed by atoms with van der Waals surface area (Å²) in [5.41, 5.74) is 1.51. The van der Waals surface area contributed by atoms with Crippen molar-refractivity contribution in [1.29, 1.82) is 0 Å². The van der Waals surface area contributed by atoms with Crippen LogP contribution >= 0.6 is 0 Å². The van der Waals surface area contributed by atoms with Gasteiger partial charge in [-0.1, -0.05) is 0 Å². The minimum Gasteiger partial charge on any atom is -0.477 e. The summed E-state index contributed by atoms with van der Waals surface area (Å²) in [6.45, 7) is 0. The van der Waals surface area contributed by atoms with E-state index in [4.69, 9.17) is 5.11 Å². The van der Waals surface area contributed by atoms with Crippen molar-refractivity contribution in [2.24, 2.45) is 0 Å². The van der Waals surface area contributed by atoms with E-state index in [1.54, 1.807) is 30.1 Å². The van der Waals surface area contributed by atoms with Gasteiger partial charge in [0.25, 0.3) is 0 Å². The van der Waals surface area contributed by atoms with Crippen LogP contribution in [0, 0.1) is 5.82 Å². The minimum atomic E-state index is -1.06. The number of carboxylic acids is 1. The van der Waals surface area contributed by atoms with Crippen molar-refractivity contribution in [2.45, 2.75) is 0 Å². The molecule has 0 atom stereocenters. The minimum absolute atomic E-state index is 0.00810. The Morgan fingerprint density at radius 2 is 1.78 bits per heavy atom. The summed E-state index contributed by atoms with van der Waals surface area (Å²) in [6.07, 6.45) is 1.47. The monoisotopic (exact) mass is 246 g/mol. The molecule has 18 heavy (non-hydrogen) atoms. The topological polar surface area (TPSA) is 53.4 Å². The molecule has 0 aliphatic heterocycles. The van der Waals surface area contributed by atoms with E-state index < -0.39 is 5.97 Å². The molecule has 0 unspecified atom stereocenters. The van der Waals surface area contributed by atoms with Crippen molar-refractivity contribution in [3.8, 4) is 0 Å². The molecule has 0 saturated carbocycles. The number of rotatable bonds is 3. The van der Waals surface area contributed by atoms with E-state index in [-0.39, 0.29) is 11.5 Å². The van der Waals surface area contributed by atoms with E-state index in [0.717, 1.165) is 11.4 Å². The van der Waals surface area contributed by atoms with Crippen LogP contribution in [0.15, 0.2) is 42.6 Å². The fourth-order valence-corrected chi connectivity index (χ4v) is 1.52. The number of pyridine rings is 1. The number of benzene rings is 1. The zero-order chi connectivity index (χ0) is 13.1. The van der Waals surface area contributed by atoms with Gasteiger partial charge in [-0.15, -0.1) is 0 Å². The standard InChI is InChI=1S/C13H11FN2O2/c1-16(10-4-2-9(14)3-5-10)11-6-7-12(13(17)18)15-8-11/h2-8H,1H3,(H,17,18). The van der Waals surface area contributed by atoms with Gasteiger partial charge in [-0.2, -0.15) is 0 Å². The number of carboxylic acid groups (broad SMARTS) is 1. The Labute approximate surface area is 103 Å². The molecule has 2 rings (SSSR count). The van der Waals surface area contributed by atoms with Gasteiger partial charge in [0.05, 0.1) is 11.9 Å². The number of hydrogen-bond donors (Lipinski definition) is 1. The van der Waals surface area contributed by atoms with Gasteiger partial charge in [0.2, 0.25) is 0 Å². The van der Waals surface area contributed by atoms with E-state index in [0.29, 0.717) is 0 Å². The first-order valence-electron chi connectivity index (χ1n) is 5.26. The lowest BCUT2D eigenvalue weighted by molar-refractivity contribution is 0.0690. The molecule has 1 aromatic carbocycles. The highest BCUT2D eigenvalue weighted by molar-refractivity contribution is 5.85. The molecule has 1 aromatic heterocycles. The van der Waals surface area contributed by atoms with Gasteiger partial charge in [-0.25, -0.2) is 14.2 Å². The molecule has 5 heteroatoms. The van der Waals surface area contributed by atoms with Gasteiger partial charge < -0.3 is 10.0 Å². The lowest BCUT2D eigenvalue weighted by Gasteiger charge is -2.18. The van der Waals surface area contributed by atoms with E-state index in [9.17, 15) is 9.18 Å². The van der Waals surface area contributed by atoms with E-state index in [1.165, 1.54) is 24.4 Å². The van der Waals surface area contributed by atoms with Gasteiger partial charge in [0.15, 0.2) is 0 Å². The molecule has 0 aliphatic rings. The average molecular weight is 246 g/mol. The van der Waals surface area contributed by atoms with Crippen LogP contribution in [-0.4, -0.2) is 23.1 Å². The SMILES string of the molecule is CN(c1ccc(F)cc1)c1ccc(C(=O)O)nc1. The molecule has 0 bridgehead atoms. The summed E-state index contributed by atoms with van der Waals surface area (Å²) >= 11 is 0. The molecule has 0 amide bonds. The van der Waals surface area contributed by atoms with E-state index >= 15 is 0 Å². The summed E-state index contributed by atoms with van der Waals surface area (Å²) in [7, 11) is 1.80. The van der Waals surface area contributed by atoms with Crippen molar-refractivity contribution in [1.82, 2.24) is 4.98 Å². The summed E-state index contributed by atoms with van der Waals surface area (Å²) in [6, 6.07) is 9.09. The van der Waals surface area contributed by atoms with E-state index in [2.05, 4.69) is 4.98 Å². The summed E-state index contributed by atoms with van der Waals surface area (Å²) < 4.78 is 12.8. The second-order valence-electron chi connectivity index (χ2n) is 3.74. The predicted octanol–water partition coefficient (Wildman–Crippen LogP) is 2.69. The normalized spacial score (nSPS) is 10.1. The van der Waals surface area contributed by atoms with Crippen molar-refractivity contribution >= 4 is 17.3 Å². The molecular weight excluding hydrogens is 235 g/mol. The first kappa shape index (κ1) is 12.0. The maximum absolute atomic E-state index is 12.8. The van der Waals surface area contributed by atoms with Crippen molar-refractivity contribution < 1.29 is 14.3 Å². The molecule has 0 spiro atoms. The average Bonchev–Trinajstić information content (AvgIpc) is 2.39. The molecule has 92 valence electrons. The third-order valence-electron chi connectivity index (χ3n) is 2.57. The van der Waals surface area contributed by atoms with Crippen molar-refractivity contribution in [3.63, 3.8) is 0 Å². The number of halogens is 1. The maximum Gasteiger partial charge on any atom is 0.354 e. The number of aromatic carboxylic acids is 1. The number of aromatic nitrogens is 1. The Bertz CT molecular complexity index is 552. The summed E-state index contributed by atoms with van der Waals surface area (Å²) in [5.74, 6) is -1.36. The van der Waals surface area contributed by atoms with Gasteiger partial charge in [0, 0.05) is 12.7 Å². The first-order chi connectivity index (χ1) is 8.58. The fourth-order valence-electron chi connectivity index (χ4n) is 1.52. The molecule has 1 N–H and O–H groups in total. The lowest BCUT2D eigenvalue weighted by atomic mass is 10.2. The van der Waals surface area contributed by atoms with Crippen LogP contribution in [0.1, 0.15) is 10.5 Å². The lowest BCUT2D eigenvalue weighted by Crippen LogP contribution is -2.10. The summed E-state index contributed by atoms with van der Waals surface area (Å²) in [4.78, 5) is 16.3. The number of carbonyl (C=O) groups is 1. The molecule has 1 heterocycles. The highest BCUT2D eigenvalue weighted by atomic mass is 19.1. The maximum atomic E-state index is 12.8. The fraction of sp³-hybridized carbons (Fsp3) is 0.0769. The predicted molar refractivity (Wildman–Crippen MR) is 65.7 cm³/mol. The highest BCUT2D eigenvalue weighted by Crippen LogP contribution is 2.22. The van der Waals surface area contributed by atoms with Crippen LogP contribution < -0.4 is 4.90 Å². The third-order valence-corrected chi connectivity index (χ3v) is 2.57. The van der Waals surface area contributed by atoms with Gasteiger partial charge in [-0.3, -0.25) is 0 Å². The van der Waals surface area contributed by atoms with Crippen LogP contribution in [-0.2, 0) is 0 Å². The molecule has 2 aromatic rings. The molecule has 0 saturated heterocycles. The highest BCUT2D eigenvalue weighted by Gasteiger charge is 2.07. The van der Waals surface area contributed by atoms with Crippen molar-refractivity contribution in [3.05, 3.63) is 54.1 Å². The Morgan fingerprint density at radius 3 is 2.28 bits per heavy atom. The second-order valence-corrected chi connectivity index (χ2v) is 3.74. The summed E-state index contributed by atoms with van der Waals surface area (Å²) in [5, 5.41) is 8.74. The molecule has 4 nitrogen and oxygen atoms in total. The van der Waals surface area contributed by atoms with Gasteiger partial charge >= 0.3 is 5.97 Å². The third kappa shape index (κ3) is 2.45. The number of nitrogens with zero attached hydrogens (tertiary/aromatic N) is 2. The molecule has 0 aliphatic carbocycles. The Morgan fingerprint density at radius 1 is 1.17 bits per heavy atom. The molecular formula is C13H11FN2O2. The zero-order valence-electron chi connectivity index (χ0n) is 9.67. The number of anilines is 2. The van der Waals surface area contributed by atoms with Crippen LogP contribution in [0.2, 0.25) is 0 Å².